The van der Waals surface area contributed by atoms with Gasteiger partial charge < -0.3 is 14.7 Å². The lowest BCUT2D eigenvalue weighted by Gasteiger charge is -2.38. The molecule has 5 heteroatoms. The zero-order valence-corrected chi connectivity index (χ0v) is 19.5. The van der Waals surface area contributed by atoms with Gasteiger partial charge in [-0.05, 0) is 42.1 Å². The molecule has 4 nitrogen and oxygen atoms in total. The molecule has 1 aliphatic rings. The van der Waals surface area contributed by atoms with Gasteiger partial charge in [-0.2, -0.15) is 0 Å². The van der Waals surface area contributed by atoms with Crippen LogP contribution in [0.15, 0.2) is 60.7 Å². The van der Waals surface area contributed by atoms with Gasteiger partial charge in [0.15, 0.2) is 0 Å². The number of allylic oxidation sites excluding steroid dienone is 2. The van der Waals surface area contributed by atoms with E-state index in [1.807, 2.05) is 36.1 Å². The molecule has 0 unspecified atom stereocenters. The van der Waals surface area contributed by atoms with Crippen LogP contribution in [0.5, 0.6) is 5.75 Å². The van der Waals surface area contributed by atoms with E-state index in [9.17, 15) is 9.90 Å². The highest BCUT2D eigenvalue weighted by molar-refractivity contribution is 6.91. The van der Waals surface area contributed by atoms with E-state index in [0.29, 0.717) is 19.4 Å². The molecule has 1 N–H and O–H groups in total. The van der Waals surface area contributed by atoms with Crippen LogP contribution >= 0.6 is 0 Å². The van der Waals surface area contributed by atoms with Crippen molar-refractivity contribution in [2.24, 2.45) is 0 Å². The Hall–Kier alpha value is -2.37. The highest BCUT2D eigenvalue weighted by Gasteiger charge is 2.36. The minimum atomic E-state index is -1.95. The molecule has 0 aromatic heterocycles. The number of ether oxygens (including phenoxy) is 1. The smallest absolute Gasteiger partial charge is 0.223 e. The van der Waals surface area contributed by atoms with E-state index < -0.39 is 8.07 Å². The number of hydrogen-bond acceptors (Lipinski definition) is 3. The molecule has 1 heterocycles. The number of aliphatic hydroxyl groups excluding tert-OH is 1. The van der Waals surface area contributed by atoms with Gasteiger partial charge in [0, 0.05) is 13.0 Å². The van der Waals surface area contributed by atoms with Crippen molar-refractivity contribution in [1.29, 1.82) is 0 Å². The second-order valence-corrected chi connectivity index (χ2v) is 13.4. The third-order valence-corrected chi connectivity index (χ3v) is 10.5. The number of amides is 1. The van der Waals surface area contributed by atoms with Gasteiger partial charge in [0.2, 0.25) is 5.91 Å². The van der Waals surface area contributed by atoms with E-state index in [-0.39, 0.29) is 24.1 Å². The van der Waals surface area contributed by atoms with Gasteiger partial charge in [-0.3, -0.25) is 4.79 Å². The fraction of sp³-hybridized carbons (Fsp3) is 0.400. The third kappa shape index (κ3) is 4.68. The van der Waals surface area contributed by atoms with Crippen LogP contribution in [0.4, 0.5) is 0 Å². The lowest BCUT2D eigenvalue weighted by atomic mass is 9.94. The van der Waals surface area contributed by atoms with Gasteiger partial charge >= 0.3 is 0 Å². The number of methoxy groups -OCH3 is 1. The number of carbonyl (C=O) groups is 1. The second-order valence-electron chi connectivity index (χ2n) is 8.62. The molecule has 0 aliphatic carbocycles. The molecule has 0 bridgehead atoms. The van der Waals surface area contributed by atoms with Gasteiger partial charge in [-0.25, -0.2) is 0 Å². The molecule has 1 aliphatic heterocycles. The van der Waals surface area contributed by atoms with Crippen molar-refractivity contribution in [2.75, 3.05) is 13.7 Å². The van der Waals surface area contributed by atoms with Crippen LogP contribution in [0.2, 0.25) is 18.6 Å². The van der Waals surface area contributed by atoms with Crippen molar-refractivity contribution in [1.82, 2.24) is 4.90 Å². The second kappa shape index (κ2) is 9.62. The maximum atomic E-state index is 13.4. The molecule has 0 fully saturated rings. The summed E-state index contributed by atoms with van der Waals surface area (Å²) in [5, 5.41) is 11.3. The molecular weight excluding hydrogens is 390 g/mol. The van der Waals surface area contributed by atoms with E-state index in [2.05, 4.69) is 49.5 Å². The summed E-state index contributed by atoms with van der Waals surface area (Å²) in [5.74, 6) is 0.973. The molecule has 2 atom stereocenters. The predicted octanol–water partition coefficient (Wildman–Crippen LogP) is 3.89. The van der Waals surface area contributed by atoms with Crippen molar-refractivity contribution >= 4 is 19.2 Å². The quantitative estimate of drug-likeness (QED) is 0.543. The summed E-state index contributed by atoms with van der Waals surface area (Å²) in [7, 11) is -0.274. The van der Waals surface area contributed by atoms with Gasteiger partial charge in [-0.15, -0.1) is 0 Å². The fourth-order valence-corrected chi connectivity index (χ4v) is 7.19. The maximum absolute atomic E-state index is 13.4. The predicted molar refractivity (Wildman–Crippen MR) is 125 cm³/mol. The van der Waals surface area contributed by atoms with Crippen LogP contribution in [-0.2, 0) is 17.8 Å². The SMILES string of the molecule is C/C=C/[C@@H](CC(=O)N1Cc2ccccc2C[C@H]1CO)[Si](C)(C)c1ccc(OC)cc1. The van der Waals surface area contributed by atoms with E-state index >= 15 is 0 Å². The first-order valence-corrected chi connectivity index (χ1v) is 13.7. The highest BCUT2D eigenvalue weighted by atomic mass is 28.3. The number of fused-ring (bicyclic) bond motifs is 1. The lowest BCUT2D eigenvalue weighted by molar-refractivity contribution is -0.135. The molecule has 2 aromatic rings. The molecule has 1 amide bonds. The Balaban J connectivity index is 1.82. The van der Waals surface area contributed by atoms with Crippen LogP contribution < -0.4 is 9.92 Å². The standard InChI is InChI=1S/C25H33NO3Si/c1-5-8-24(30(3,4)23-13-11-22(29-2)12-14-23)16-25(28)26-17-20-10-7-6-9-19(20)15-21(26)18-27/h5-14,21,24,27H,15-18H2,1-4H3/b8-5+/t21-,24-/m0/s1. The molecular formula is C25H33NO3Si. The Morgan fingerprint density at radius 3 is 2.47 bits per heavy atom. The normalized spacial score (nSPS) is 17.6. The summed E-state index contributed by atoms with van der Waals surface area (Å²) < 4.78 is 5.30. The zero-order valence-electron chi connectivity index (χ0n) is 18.5. The number of hydrogen-bond donors (Lipinski definition) is 1. The minimum absolute atomic E-state index is 0.00629. The molecule has 0 spiro atoms. The molecule has 30 heavy (non-hydrogen) atoms. The average molecular weight is 424 g/mol. The zero-order chi connectivity index (χ0) is 21.7. The van der Waals surface area contributed by atoms with Crippen LogP contribution in [0.1, 0.15) is 24.5 Å². The van der Waals surface area contributed by atoms with E-state index in [1.165, 1.54) is 16.3 Å². The number of rotatable bonds is 7. The molecule has 0 radical (unpaired) electrons. The van der Waals surface area contributed by atoms with Crippen molar-refractivity contribution in [3.8, 4) is 5.75 Å². The Morgan fingerprint density at radius 1 is 1.20 bits per heavy atom. The first-order chi connectivity index (χ1) is 14.4. The topological polar surface area (TPSA) is 49.8 Å². The first-order valence-electron chi connectivity index (χ1n) is 10.6. The average Bonchev–Trinajstić information content (AvgIpc) is 2.77. The Kier molecular flexibility index (Phi) is 7.16. The van der Waals surface area contributed by atoms with Crippen LogP contribution in [0.3, 0.4) is 0 Å². The number of carbonyl (C=O) groups excluding carboxylic acids is 1. The van der Waals surface area contributed by atoms with E-state index in [0.717, 1.165) is 5.75 Å². The largest absolute Gasteiger partial charge is 0.497 e. The van der Waals surface area contributed by atoms with Crippen molar-refractivity contribution in [3.63, 3.8) is 0 Å². The molecule has 3 rings (SSSR count). The third-order valence-electron chi connectivity index (χ3n) is 6.47. The van der Waals surface area contributed by atoms with Gasteiger partial charge in [0.1, 0.15) is 5.75 Å². The Labute approximate surface area is 181 Å². The Bertz CT molecular complexity index is 892. The summed E-state index contributed by atoms with van der Waals surface area (Å²) in [6, 6.07) is 16.4. The van der Waals surface area contributed by atoms with Crippen LogP contribution in [0.25, 0.3) is 0 Å². The summed E-state index contributed by atoms with van der Waals surface area (Å²) in [4.78, 5) is 15.3. The highest BCUT2D eigenvalue weighted by Crippen LogP contribution is 2.31. The summed E-state index contributed by atoms with van der Waals surface area (Å²) >= 11 is 0. The van der Waals surface area contributed by atoms with E-state index in [4.69, 9.17) is 4.74 Å². The van der Waals surface area contributed by atoms with Gasteiger partial charge in [0.05, 0.1) is 27.8 Å². The number of aliphatic hydroxyl groups is 1. The fourth-order valence-electron chi connectivity index (χ4n) is 4.38. The Morgan fingerprint density at radius 2 is 1.87 bits per heavy atom. The van der Waals surface area contributed by atoms with Crippen LogP contribution in [0, 0.1) is 0 Å². The van der Waals surface area contributed by atoms with Crippen molar-refractivity contribution < 1.29 is 14.6 Å². The van der Waals surface area contributed by atoms with Crippen LogP contribution in [-0.4, -0.2) is 43.7 Å². The van der Waals surface area contributed by atoms with Gasteiger partial charge in [-0.1, -0.05) is 66.8 Å². The monoisotopic (exact) mass is 423 g/mol. The van der Waals surface area contributed by atoms with Crippen molar-refractivity contribution in [3.05, 3.63) is 71.8 Å². The minimum Gasteiger partial charge on any atom is -0.497 e. The molecule has 160 valence electrons. The molecule has 0 saturated heterocycles. The maximum Gasteiger partial charge on any atom is 0.223 e. The summed E-state index contributed by atoms with van der Waals surface area (Å²) in [6.07, 6.45) is 5.44. The van der Waals surface area contributed by atoms with Gasteiger partial charge in [0.25, 0.3) is 0 Å². The summed E-state index contributed by atoms with van der Waals surface area (Å²) in [5.41, 5.74) is 2.60. The number of nitrogens with zero attached hydrogens (tertiary/aromatic N) is 1. The van der Waals surface area contributed by atoms with E-state index in [1.54, 1.807) is 7.11 Å². The number of benzene rings is 2. The molecule has 2 aromatic carbocycles. The lowest BCUT2D eigenvalue weighted by Crippen LogP contribution is -2.50. The summed E-state index contributed by atoms with van der Waals surface area (Å²) in [6.45, 7) is 7.23. The van der Waals surface area contributed by atoms with Crippen molar-refractivity contribution in [2.45, 2.75) is 51.0 Å². The molecule has 0 saturated carbocycles. The first kappa shape index (κ1) is 22.3.